The molecule has 376 valence electrons. The van der Waals surface area contributed by atoms with E-state index in [1.54, 1.807) is 0 Å². The maximum absolute atomic E-state index is 12.4. The average Bonchev–Trinajstić information content (AvgIpc) is 3.28. The van der Waals surface area contributed by atoms with Gasteiger partial charge in [-0.1, -0.05) is 216 Å². The molecule has 0 bridgehead atoms. The molecular formula is C53H94NO10P. The van der Waals surface area contributed by atoms with Gasteiger partial charge >= 0.3 is 19.8 Å². The van der Waals surface area contributed by atoms with Gasteiger partial charge in [0.15, 0.2) is 6.04 Å². The molecule has 65 heavy (non-hydrogen) atoms. The van der Waals surface area contributed by atoms with E-state index in [9.17, 15) is 34.1 Å². The van der Waals surface area contributed by atoms with Gasteiger partial charge in [-0.2, -0.15) is 0 Å². The number of phosphoric ester groups is 1. The highest BCUT2D eigenvalue weighted by Crippen LogP contribution is 2.43. The highest BCUT2D eigenvalue weighted by atomic mass is 31.2. The molecule has 3 atom stereocenters. The second-order valence-corrected chi connectivity index (χ2v) is 18.8. The summed E-state index contributed by atoms with van der Waals surface area (Å²) < 4.78 is 27.0. The fourth-order valence-corrected chi connectivity index (χ4v) is 7.88. The number of phosphoric acid groups is 1. The van der Waals surface area contributed by atoms with Crippen LogP contribution in [0.5, 0.6) is 0 Å². The lowest BCUT2D eigenvalue weighted by molar-refractivity contribution is -0.147. The third-order valence-electron chi connectivity index (χ3n) is 11.1. The predicted octanol–water partition coefficient (Wildman–Crippen LogP) is 14.3. The number of aliphatic carboxylic acids is 1. The number of rotatable bonds is 48. The van der Waals surface area contributed by atoms with Gasteiger partial charge in [0.2, 0.25) is 5.91 Å². The molecular weight excluding hydrogens is 842 g/mol. The van der Waals surface area contributed by atoms with Gasteiger partial charge in [0.05, 0.1) is 13.2 Å². The summed E-state index contributed by atoms with van der Waals surface area (Å²) in [4.78, 5) is 46.1. The van der Waals surface area contributed by atoms with Crippen molar-refractivity contribution in [3.05, 3.63) is 60.8 Å². The predicted molar refractivity (Wildman–Crippen MR) is 268 cm³/mol. The summed E-state index contributed by atoms with van der Waals surface area (Å²) >= 11 is 0. The Hall–Kier alpha value is -2.82. The number of carboxylic acids is 1. The molecule has 11 nitrogen and oxygen atoms in total. The molecule has 1 amide bonds. The number of nitrogens with one attached hydrogen (secondary N) is 1. The summed E-state index contributed by atoms with van der Waals surface area (Å²) in [5.41, 5.74) is 0. The third-order valence-corrected chi connectivity index (χ3v) is 12.0. The van der Waals surface area contributed by atoms with E-state index in [2.05, 4.69) is 79.9 Å². The van der Waals surface area contributed by atoms with E-state index in [1.165, 1.54) is 103 Å². The maximum Gasteiger partial charge on any atom is 0.472 e. The van der Waals surface area contributed by atoms with E-state index < -0.39 is 57.6 Å². The van der Waals surface area contributed by atoms with Crippen molar-refractivity contribution in [3.8, 4) is 0 Å². The number of esters is 1. The van der Waals surface area contributed by atoms with E-state index in [4.69, 9.17) is 13.8 Å². The minimum Gasteiger partial charge on any atom is -0.480 e. The maximum atomic E-state index is 12.4. The highest BCUT2D eigenvalue weighted by Gasteiger charge is 2.28. The Balaban J connectivity index is 3.84. The monoisotopic (exact) mass is 936 g/mol. The van der Waals surface area contributed by atoms with E-state index in [0.29, 0.717) is 12.8 Å². The molecule has 0 saturated heterocycles. The Labute approximate surface area is 396 Å². The van der Waals surface area contributed by atoms with E-state index in [-0.39, 0.29) is 12.8 Å². The van der Waals surface area contributed by atoms with Crippen LogP contribution in [0, 0.1) is 0 Å². The molecule has 0 radical (unpaired) electrons. The lowest BCUT2D eigenvalue weighted by atomic mass is 10.0. The minimum absolute atomic E-state index is 0.147. The van der Waals surface area contributed by atoms with Crippen LogP contribution in [-0.4, -0.2) is 64.9 Å². The molecule has 0 fully saturated rings. The molecule has 0 rings (SSSR count). The van der Waals surface area contributed by atoms with Crippen molar-refractivity contribution in [3.63, 3.8) is 0 Å². The Morgan fingerprint density at radius 1 is 0.508 bits per heavy atom. The first-order valence-corrected chi connectivity index (χ1v) is 27.3. The van der Waals surface area contributed by atoms with Crippen LogP contribution in [0.1, 0.15) is 226 Å². The van der Waals surface area contributed by atoms with Crippen molar-refractivity contribution in [2.75, 3.05) is 19.8 Å². The van der Waals surface area contributed by atoms with Crippen LogP contribution in [0.25, 0.3) is 0 Å². The molecule has 0 aliphatic carbocycles. The zero-order valence-electron chi connectivity index (χ0n) is 41.0. The Morgan fingerprint density at radius 2 is 0.892 bits per heavy atom. The first-order chi connectivity index (χ1) is 31.6. The first kappa shape index (κ1) is 62.2. The topological polar surface area (TPSA) is 169 Å². The van der Waals surface area contributed by atoms with Crippen LogP contribution in [0.3, 0.4) is 0 Å². The van der Waals surface area contributed by atoms with E-state index in [1.807, 2.05) is 0 Å². The van der Waals surface area contributed by atoms with Gasteiger partial charge in [0.25, 0.3) is 0 Å². The Bertz CT molecular complexity index is 1330. The normalized spacial score (nSPS) is 14.0. The van der Waals surface area contributed by atoms with E-state index in [0.717, 1.165) is 83.5 Å². The molecule has 0 aromatic rings. The number of carbonyl (C=O) groups excluding carboxylic acids is 2. The van der Waals surface area contributed by atoms with Crippen LogP contribution in [0.2, 0.25) is 0 Å². The molecule has 0 spiro atoms. The van der Waals surface area contributed by atoms with Gasteiger partial charge in [-0.25, -0.2) is 9.36 Å². The fourth-order valence-electron chi connectivity index (χ4n) is 7.11. The average molecular weight is 936 g/mol. The number of allylic oxidation sites excluding steroid dienone is 10. The van der Waals surface area contributed by atoms with Crippen molar-refractivity contribution in [1.29, 1.82) is 0 Å². The SMILES string of the molecule is CC/C=C\C/C=C\C/C=C\C/C=C\C/C=C\CCCCCCCCCC(=O)OCC(O)COP(=O)(O)OCC(NC(=O)CCCCCCCCCCCCCCCCCCCC)C(=O)O. The lowest BCUT2D eigenvalue weighted by Gasteiger charge is -2.18. The number of aliphatic hydroxyl groups excluding tert-OH is 1. The fraction of sp³-hybridized carbons (Fsp3) is 0.755. The number of carbonyl (C=O) groups is 3. The largest absolute Gasteiger partial charge is 0.480 e. The van der Waals surface area contributed by atoms with Crippen molar-refractivity contribution < 1.29 is 47.8 Å². The summed E-state index contributed by atoms with van der Waals surface area (Å²) in [7, 11) is -4.77. The van der Waals surface area contributed by atoms with Crippen LogP contribution in [-0.2, 0) is 32.7 Å². The van der Waals surface area contributed by atoms with Crippen molar-refractivity contribution in [2.24, 2.45) is 0 Å². The lowest BCUT2D eigenvalue weighted by Crippen LogP contribution is -2.43. The third kappa shape index (κ3) is 47.5. The standard InChI is InChI=1S/C53H94NO10P/c1-3-5-7-9-11-13-15-17-19-21-23-24-25-26-27-29-31-33-35-37-39-41-43-45-52(57)62-46-49(55)47-63-65(60,61)64-48-50(53(58)59)54-51(56)44-42-40-38-36-34-32-30-28-22-20-18-16-14-12-10-8-6-4-2/h5,7,11,13,17,19,23-24,26-27,49-50,55H,3-4,6,8-10,12,14-16,18,20-22,25,28-48H2,1-2H3,(H,54,56)(H,58,59)(H,60,61)/b7-5-,13-11-,19-17-,24-23-,27-26-. The smallest absolute Gasteiger partial charge is 0.472 e. The van der Waals surface area contributed by atoms with Crippen LogP contribution < -0.4 is 5.32 Å². The van der Waals surface area contributed by atoms with Crippen molar-refractivity contribution in [2.45, 2.75) is 238 Å². The Kier molecular flexibility index (Phi) is 45.6. The summed E-state index contributed by atoms with van der Waals surface area (Å²) in [5.74, 6) is -2.38. The zero-order valence-corrected chi connectivity index (χ0v) is 41.9. The van der Waals surface area contributed by atoms with E-state index >= 15 is 0 Å². The molecule has 0 aliphatic rings. The number of carboxylic acid groups (broad SMARTS) is 1. The number of amides is 1. The van der Waals surface area contributed by atoms with Gasteiger partial charge in [0.1, 0.15) is 12.7 Å². The Morgan fingerprint density at radius 3 is 1.34 bits per heavy atom. The second-order valence-electron chi connectivity index (χ2n) is 17.3. The quantitative estimate of drug-likeness (QED) is 0.0199. The van der Waals surface area contributed by atoms with Gasteiger partial charge in [-0.05, 0) is 57.8 Å². The van der Waals surface area contributed by atoms with Gasteiger partial charge in [0, 0.05) is 12.8 Å². The highest BCUT2D eigenvalue weighted by molar-refractivity contribution is 7.47. The molecule has 0 aromatic heterocycles. The zero-order chi connectivity index (χ0) is 47.7. The summed E-state index contributed by atoms with van der Waals surface area (Å²) in [6.07, 6.45) is 56.6. The number of hydrogen-bond acceptors (Lipinski definition) is 8. The number of aliphatic hydroxyl groups is 1. The molecule has 0 saturated carbocycles. The van der Waals surface area contributed by atoms with Crippen LogP contribution in [0.4, 0.5) is 0 Å². The molecule has 0 aliphatic heterocycles. The molecule has 0 aromatic carbocycles. The number of ether oxygens (including phenoxy) is 1. The van der Waals surface area contributed by atoms with Crippen LogP contribution >= 0.6 is 7.82 Å². The molecule has 12 heteroatoms. The number of hydrogen-bond donors (Lipinski definition) is 4. The molecule has 4 N–H and O–H groups in total. The van der Waals surface area contributed by atoms with Crippen molar-refractivity contribution in [1.82, 2.24) is 5.32 Å². The summed E-state index contributed by atoms with van der Waals surface area (Å²) in [6, 6.07) is -1.55. The summed E-state index contributed by atoms with van der Waals surface area (Å²) in [6.45, 7) is 2.50. The number of unbranched alkanes of at least 4 members (excludes halogenated alkanes) is 24. The summed E-state index contributed by atoms with van der Waals surface area (Å²) in [5, 5.41) is 21.9. The first-order valence-electron chi connectivity index (χ1n) is 25.8. The van der Waals surface area contributed by atoms with Gasteiger partial charge in [-0.3, -0.25) is 18.6 Å². The molecule has 3 unspecified atom stereocenters. The second kappa shape index (κ2) is 47.7. The van der Waals surface area contributed by atoms with Gasteiger partial charge in [-0.15, -0.1) is 0 Å². The van der Waals surface area contributed by atoms with Gasteiger partial charge < -0.3 is 25.2 Å². The van der Waals surface area contributed by atoms with Crippen LogP contribution in [0.15, 0.2) is 60.8 Å². The van der Waals surface area contributed by atoms with Crippen molar-refractivity contribution >= 4 is 25.7 Å². The molecule has 0 heterocycles. The minimum atomic E-state index is -4.77.